The first-order valence-electron chi connectivity index (χ1n) is 6.94. The number of carbonyl (C=O) groups excluding carboxylic acids is 1. The van der Waals surface area contributed by atoms with Crippen molar-refractivity contribution in [3.8, 4) is 0 Å². The molecule has 0 bridgehead atoms. The molecule has 102 valence electrons. The molecule has 1 aromatic rings. The lowest BCUT2D eigenvalue weighted by atomic mass is 9.93. The van der Waals surface area contributed by atoms with E-state index in [1.807, 2.05) is 6.07 Å². The number of rotatable bonds is 3. The number of nitrogens with zero attached hydrogens (tertiary/aromatic N) is 2. The van der Waals surface area contributed by atoms with Crippen LogP contribution in [-0.2, 0) is 0 Å². The molecule has 1 amide bonds. The van der Waals surface area contributed by atoms with Gasteiger partial charge in [0.2, 0.25) is 5.91 Å². The van der Waals surface area contributed by atoms with Gasteiger partial charge in [0.25, 0.3) is 0 Å². The smallest absolute Gasteiger partial charge is 0.250 e. The molecule has 0 radical (unpaired) electrons. The van der Waals surface area contributed by atoms with Crippen molar-refractivity contribution < 1.29 is 4.79 Å². The van der Waals surface area contributed by atoms with Crippen LogP contribution in [0.2, 0.25) is 0 Å². The number of nitrogens with one attached hydrogen (secondary N) is 1. The van der Waals surface area contributed by atoms with Gasteiger partial charge in [-0.1, -0.05) is 6.92 Å². The molecule has 3 rings (SSSR count). The summed E-state index contributed by atoms with van der Waals surface area (Å²) in [6.45, 7) is 5.51. The van der Waals surface area contributed by atoms with Crippen LogP contribution in [0.4, 0.5) is 5.82 Å². The van der Waals surface area contributed by atoms with Crippen LogP contribution < -0.4 is 16.0 Å². The number of hydrogen-bond acceptors (Lipinski definition) is 4. The number of hydrogen-bond donors (Lipinski definition) is 2. The summed E-state index contributed by atoms with van der Waals surface area (Å²) in [4.78, 5) is 17.9. The van der Waals surface area contributed by atoms with Crippen molar-refractivity contribution in [3.05, 3.63) is 23.9 Å². The van der Waals surface area contributed by atoms with Crippen molar-refractivity contribution in [2.45, 2.75) is 19.4 Å². The number of pyridine rings is 1. The van der Waals surface area contributed by atoms with Gasteiger partial charge in [0.05, 0.1) is 5.56 Å². The first-order valence-corrected chi connectivity index (χ1v) is 6.94. The minimum atomic E-state index is -0.423. The molecule has 5 nitrogen and oxygen atoms in total. The Morgan fingerprint density at radius 1 is 1.53 bits per heavy atom. The van der Waals surface area contributed by atoms with E-state index in [4.69, 9.17) is 5.73 Å². The molecular weight excluding hydrogens is 240 g/mol. The Kier molecular flexibility index (Phi) is 3.14. The van der Waals surface area contributed by atoms with Gasteiger partial charge in [-0.25, -0.2) is 4.98 Å². The van der Waals surface area contributed by atoms with E-state index in [0.29, 0.717) is 11.6 Å². The predicted octanol–water partition coefficient (Wildman–Crippen LogP) is 0.615. The van der Waals surface area contributed by atoms with E-state index in [9.17, 15) is 4.79 Å². The van der Waals surface area contributed by atoms with E-state index < -0.39 is 5.91 Å². The molecular formula is C14H20N4O. The van der Waals surface area contributed by atoms with Gasteiger partial charge in [-0.05, 0) is 30.4 Å². The molecule has 2 fully saturated rings. The number of amides is 1. The number of nitrogens with two attached hydrogens (primary N) is 1. The fourth-order valence-corrected chi connectivity index (χ4v) is 3.51. The van der Waals surface area contributed by atoms with Crippen LogP contribution in [-0.4, -0.2) is 36.6 Å². The number of anilines is 1. The summed E-state index contributed by atoms with van der Waals surface area (Å²) in [7, 11) is 0. The molecule has 5 heteroatoms. The number of carbonyl (C=O) groups is 1. The molecule has 0 aromatic carbocycles. The van der Waals surface area contributed by atoms with Gasteiger partial charge in [-0.3, -0.25) is 4.79 Å². The molecule has 2 saturated heterocycles. The van der Waals surface area contributed by atoms with Gasteiger partial charge in [-0.2, -0.15) is 0 Å². The Morgan fingerprint density at radius 3 is 3.00 bits per heavy atom. The third-order valence-electron chi connectivity index (χ3n) is 4.46. The topological polar surface area (TPSA) is 71.2 Å². The van der Waals surface area contributed by atoms with Gasteiger partial charge < -0.3 is 16.0 Å². The Hall–Kier alpha value is -1.62. The van der Waals surface area contributed by atoms with Gasteiger partial charge in [-0.15, -0.1) is 0 Å². The average molecular weight is 260 g/mol. The molecule has 2 aliphatic rings. The average Bonchev–Trinajstić information content (AvgIpc) is 2.98. The van der Waals surface area contributed by atoms with Crippen LogP contribution in [0.5, 0.6) is 0 Å². The SMILES string of the molecule is CCC1C2CNCC2CN1c1ccc(C(N)=O)cn1. The highest BCUT2D eigenvalue weighted by Gasteiger charge is 2.43. The van der Waals surface area contributed by atoms with Crippen LogP contribution in [0.25, 0.3) is 0 Å². The Bertz CT molecular complexity index is 473. The second-order valence-corrected chi connectivity index (χ2v) is 5.48. The second-order valence-electron chi connectivity index (χ2n) is 5.48. The van der Waals surface area contributed by atoms with Crippen LogP contribution in [0.1, 0.15) is 23.7 Å². The van der Waals surface area contributed by atoms with Gasteiger partial charge in [0, 0.05) is 31.9 Å². The first-order chi connectivity index (χ1) is 9.20. The normalized spacial score (nSPS) is 29.5. The van der Waals surface area contributed by atoms with Crippen molar-refractivity contribution >= 4 is 11.7 Å². The van der Waals surface area contributed by atoms with Crippen molar-refractivity contribution in [2.24, 2.45) is 17.6 Å². The van der Waals surface area contributed by atoms with Gasteiger partial charge in [0.15, 0.2) is 0 Å². The summed E-state index contributed by atoms with van der Waals surface area (Å²) in [5, 5.41) is 3.48. The molecule has 0 aliphatic carbocycles. The maximum absolute atomic E-state index is 11.1. The minimum absolute atomic E-state index is 0.423. The summed E-state index contributed by atoms with van der Waals surface area (Å²) in [5.74, 6) is 1.99. The highest BCUT2D eigenvalue weighted by molar-refractivity contribution is 5.92. The van der Waals surface area contributed by atoms with Gasteiger partial charge >= 0.3 is 0 Å². The molecule has 0 spiro atoms. The van der Waals surface area contributed by atoms with Crippen molar-refractivity contribution in [2.75, 3.05) is 24.5 Å². The molecule has 3 atom stereocenters. The molecule has 0 saturated carbocycles. The third kappa shape index (κ3) is 2.08. The highest BCUT2D eigenvalue weighted by atomic mass is 16.1. The summed E-state index contributed by atoms with van der Waals surface area (Å²) < 4.78 is 0. The lowest BCUT2D eigenvalue weighted by Gasteiger charge is -2.27. The van der Waals surface area contributed by atoms with E-state index >= 15 is 0 Å². The number of aromatic nitrogens is 1. The van der Waals surface area contributed by atoms with Crippen LogP contribution in [0.15, 0.2) is 18.3 Å². The number of primary amides is 1. The second kappa shape index (κ2) is 4.81. The summed E-state index contributed by atoms with van der Waals surface area (Å²) in [6.07, 6.45) is 2.71. The van der Waals surface area contributed by atoms with E-state index in [2.05, 4.69) is 22.1 Å². The zero-order valence-corrected chi connectivity index (χ0v) is 11.2. The lowest BCUT2D eigenvalue weighted by molar-refractivity contribution is 0.1000. The molecule has 3 heterocycles. The molecule has 19 heavy (non-hydrogen) atoms. The molecule has 3 unspecified atom stereocenters. The van der Waals surface area contributed by atoms with E-state index in [1.54, 1.807) is 12.3 Å². The van der Waals surface area contributed by atoms with Crippen molar-refractivity contribution in [1.29, 1.82) is 0 Å². The Balaban J connectivity index is 1.83. The zero-order valence-electron chi connectivity index (χ0n) is 11.2. The quantitative estimate of drug-likeness (QED) is 0.835. The largest absolute Gasteiger partial charge is 0.366 e. The Morgan fingerprint density at radius 2 is 2.37 bits per heavy atom. The molecule has 2 aliphatic heterocycles. The fraction of sp³-hybridized carbons (Fsp3) is 0.571. The summed E-state index contributed by atoms with van der Waals surface area (Å²) >= 11 is 0. The molecule has 3 N–H and O–H groups in total. The highest BCUT2D eigenvalue weighted by Crippen LogP contribution is 2.36. The number of fused-ring (bicyclic) bond motifs is 1. The third-order valence-corrected chi connectivity index (χ3v) is 4.46. The van der Waals surface area contributed by atoms with Crippen LogP contribution in [0.3, 0.4) is 0 Å². The van der Waals surface area contributed by atoms with E-state index in [1.165, 1.54) is 0 Å². The van der Waals surface area contributed by atoms with Crippen molar-refractivity contribution in [1.82, 2.24) is 10.3 Å². The van der Waals surface area contributed by atoms with Crippen LogP contribution >= 0.6 is 0 Å². The minimum Gasteiger partial charge on any atom is -0.366 e. The fourth-order valence-electron chi connectivity index (χ4n) is 3.51. The van der Waals surface area contributed by atoms with E-state index in [0.717, 1.165) is 43.7 Å². The predicted molar refractivity (Wildman–Crippen MR) is 74.0 cm³/mol. The van der Waals surface area contributed by atoms with Gasteiger partial charge in [0.1, 0.15) is 5.82 Å². The maximum Gasteiger partial charge on any atom is 0.250 e. The van der Waals surface area contributed by atoms with E-state index in [-0.39, 0.29) is 0 Å². The maximum atomic E-state index is 11.1. The van der Waals surface area contributed by atoms with Crippen LogP contribution in [0, 0.1) is 11.8 Å². The zero-order chi connectivity index (χ0) is 13.4. The summed E-state index contributed by atoms with van der Waals surface area (Å²) in [5.41, 5.74) is 5.71. The first kappa shape index (κ1) is 12.4. The Labute approximate surface area is 113 Å². The standard InChI is InChI=1S/C14H20N4O/c1-2-12-11-7-16-5-10(11)8-18(12)13-4-3-9(6-17-13)14(15)19/h3-4,6,10-12,16H,2,5,7-8H2,1H3,(H2,15,19). The summed E-state index contributed by atoms with van der Waals surface area (Å²) in [6, 6.07) is 4.23. The molecule has 1 aromatic heterocycles. The lowest BCUT2D eigenvalue weighted by Crippen LogP contribution is -2.35. The monoisotopic (exact) mass is 260 g/mol. The van der Waals surface area contributed by atoms with Crippen molar-refractivity contribution in [3.63, 3.8) is 0 Å².